The van der Waals surface area contributed by atoms with E-state index in [4.69, 9.17) is 9.47 Å². The van der Waals surface area contributed by atoms with E-state index in [0.29, 0.717) is 36.5 Å². The Labute approximate surface area is 242 Å². The van der Waals surface area contributed by atoms with Gasteiger partial charge in [0.05, 0.1) is 24.7 Å². The molecule has 40 heavy (non-hydrogen) atoms. The Kier molecular flexibility index (Phi) is 9.43. The zero-order chi connectivity index (χ0) is 28.1. The number of aliphatic hydroxyl groups excluding tert-OH is 1. The smallest absolute Gasteiger partial charge is 0.273 e. The van der Waals surface area contributed by atoms with Gasteiger partial charge in [0.25, 0.3) is 5.19 Å². The molecule has 2 saturated carbocycles. The van der Waals surface area contributed by atoms with E-state index in [9.17, 15) is 9.90 Å². The second-order valence-electron chi connectivity index (χ2n) is 11.4. The number of hydrogen-bond acceptors (Lipinski definition) is 6. The summed E-state index contributed by atoms with van der Waals surface area (Å²) in [6.45, 7) is 5.40. The summed E-state index contributed by atoms with van der Waals surface area (Å²) >= 11 is 1.53. The molecule has 3 aromatic rings. The molecule has 0 saturated heterocycles. The van der Waals surface area contributed by atoms with Crippen LogP contribution in [-0.4, -0.2) is 42.4 Å². The topological polar surface area (TPSA) is 71.9 Å². The molecule has 0 bridgehead atoms. The number of benzene rings is 2. The summed E-state index contributed by atoms with van der Waals surface area (Å²) < 4.78 is 11.0. The number of hydrogen-bond donors (Lipinski definition) is 1. The molecule has 2 fully saturated rings. The first-order valence-electron chi connectivity index (χ1n) is 14.8. The van der Waals surface area contributed by atoms with Crippen LogP contribution in [0.5, 0.6) is 10.9 Å². The highest BCUT2D eigenvalue weighted by Gasteiger charge is 2.32. The van der Waals surface area contributed by atoms with E-state index >= 15 is 0 Å². The lowest BCUT2D eigenvalue weighted by atomic mass is 9.78. The van der Waals surface area contributed by atoms with Crippen LogP contribution in [0.1, 0.15) is 75.3 Å². The number of carbonyl (C=O) groups is 1. The fraction of sp³-hybridized carbons (Fsp3) is 0.515. The van der Waals surface area contributed by atoms with Crippen molar-refractivity contribution < 1.29 is 19.4 Å². The third kappa shape index (κ3) is 6.69. The Balaban J connectivity index is 1.33. The SMILES string of the molecule is CCOc1ncc(-c2cccc(N(C[C@H]3CC[C@H](c4ccc(OC)c(C)c4)CC3)C(=O)[C@H]3CC[C@H](O)CC3)c2)s1. The minimum absolute atomic E-state index is 0.0290. The summed E-state index contributed by atoms with van der Waals surface area (Å²) in [5, 5.41) is 10.7. The second kappa shape index (κ2) is 13.2. The van der Waals surface area contributed by atoms with Gasteiger partial charge in [0.2, 0.25) is 5.91 Å². The lowest BCUT2D eigenvalue weighted by Gasteiger charge is -2.36. The standard InChI is InChI=1S/C33H42N2O4S/c1-4-39-33-34-20-31(40-33)27-6-5-7-28(19-27)35(32(37)25-12-15-29(36)16-13-25)21-23-8-10-24(11-9-23)26-14-17-30(38-3)22(2)18-26/h5-7,14,17-20,23-25,29,36H,4,8-13,15-16,21H2,1-3H3/t23-,24-,25-,29-. The molecule has 0 unspecified atom stereocenters. The van der Waals surface area contributed by atoms with Crippen LogP contribution in [0.25, 0.3) is 10.4 Å². The first-order valence-corrected chi connectivity index (χ1v) is 15.6. The van der Waals surface area contributed by atoms with E-state index in [1.165, 1.54) is 22.5 Å². The Morgan fingerprint density at radius 2 is 1.82 bits per heavy atom. The van der Waals surface area contributed by atoms with Crippen LogP contribution >= 0.6 is 11.3 Å². The summed E-state index contributed by atoms with van der Waals surface area (Å²) in [6, 6.07) is 14.9. The molecule has 6 nitrogen and oxygen atoms in total. The lowest BCUT2D eigenvalue weighted by molar-refractivity contribution is -0.124. The number of carbonyl (C=O) groups excluding carboxylic acids is 1. The van der Waals surface area contributed by atoms with Gasteiger partial charge in [-0.15, -0.1) is 0 Å². The van der Waals surface area contributed by atoms with Crippen molar-refractivity contribution in [3.8, 4) is 21.4 Å². The molecular weight excluding hydrogens is 520 g/mol. The molecule has 1 amide bonds. The average Bonchev–Trinajstić information content (AvgIpc) is 3.45. The Hall–Kier alpha value is -2.90. The van der Waals surface area contributed by atoms with Crippen molar-refractivity contribution >= 4 is 22.9 Å². The van der Waals surface area contributed by atoms with E-state index < -0.39 is 0 Å². The van der Waals surface area contributed by atoms with Crippen molar-refractivity contribution in [2.45, 2.75) is 77.2 Å². The number of nitrogens with zero attached hydrogens (tertiary/aromatic N) is 2. The van der Waals surface area contributed by atoms with Crippen LogP contribution in [0.3, 0.4) is 0 Å². The maximum Gasteiger partial charge on any atom is 0.273 e. The van der Waals surface area contributed by atoms with E-state index in [2.05, 4.69) is 53.2 Å². The molecule has 2 aliphatic rings. The number of aliphatic hydroxyl groups is 1. The van der Waals surface area contributed by atoms with Gasteiger partial charge in [0.1, 0.15) is 5.75 Å². The largest absolute Gasteiger partial charge is 0.496 e. The second-order valence-corrected chi connectivity index (χ2v) is 12.4. The molecule has 2 aliphatic carbocycles. The van der Waals surface area contributed by atoms with Crippen molar-refractivity contribution in [1.82, 2.24) is 4.98 Å². The van der Waals surface area contributed by atoms with Crippen molar-refractivity contribution in [2.75, 3.05) is 25.2 Å². The van der Waals surface area contributed by atoms with E-state index in [0.717, 1.165) is 66.9 Å². The molecule has 1 heterocycles. The van der Waals surface area contributed by atoms with Crippen molar-refractivity contribution in [3.05, 3.63) is 59.8 Å². The molecule has 214 valence electrons. The summed E-state index contributed by atoms with van der Waals surface area (Å²) in [7, 11) is 1.72. The summed E-state index contributed by atoms with van der Waals surface area (Å²) in [5.41, 5.74) is 4.59. The van der Waals surface area contributed by atoms with Crippen LogP contribution in [0, 0.1) is 18.8 Å². The monoisotopic (exact) mass is 562 g/mol. The maximum atomic E-state index is 14.0. The highest BCUT2D eigenvalue weighted by Crippen LogP contribution is 2.39. The van der Waals surface area contributed by atoms with E-state index in [-0.39, 0.29) is 17.9 Å². The minimum Gasteiger partial charge on any atom is -0.496 e. The highest BCUT2D eigenvalue weighted by atomic mass is 32.1. The van der Waals surface area contributed by atoms with Crippen LogP contribution < -0.4 is 14.4 Å². The Morgan fingerprint density at radius 3 is 2.52 bits per heavy atom. The van der Waals surface area contributed by atoms with Gasteiger partial charge in [0, 0.05) is 24.3 Å². The number of aromatic nitrogens is 1. The van der Waals surface area contributed by atoms with Gasteiger partial charge in [-0.3, -0.25) is 4.79 Å². The molecule has 2 aromatic carbocycles. The molecule has 0 radical (unpaired) electrons. The zero-order valence-corrected chi connectivity index (χ0v) is 24.8. The maximum absolute atomic E-state index is 14.0. The van der Waals surface area contributed by atoms with Crippen LogP contribution in [0.15, 0.2) is 48.7 Å². The lowest BCUT2D eigenvalue weighted by Crippen LogP contribution is -2.41. The fourth-order valence-corrected chi connectivity index (χ4v) is 7.19. The van der Waals surface area contributed by atoms with Gasteiger partial charge in [0.15, 0.2) is 0 Å². The molecule has 0 spiro atoms. The van der Waals surface area contributed by atoms with Crippen molar-refractivity contribution in [3.63, 3.8) is 0 Å². The number of rotatable bonds is 9. The number of thiazole rings is 1. The molecule has 1 N–H and O–H groups in total. The van der Waals surface area contributed by atoms with Crippen LogP contribution in [0.2, 0.25) is 0 Å². The number of methoxy groups -OCH3 is 1. The van der Waals surface area contributed by atoms with Gasteiger partial charge in [-0.1, -0.05) is 35.6 Å². The fourth-order valence-electron chi connectivity index (χ4n) is 6.37. The quantitative estimate of drug-likeness (QED) is 0.295. The van der Waals surface area contributed by atoms with E-state index in [1.807, 2.05) is 19.2 Å². The minimum atomic E-state index is -0.274. The van der Waals surface area contributed by atoms with Gasteiger partial charge in [-0.2, -0.15) is 0 Å². The van der Waals surface area contributed by atoms with Crippen LogP contribution in [0.4, 0.5) is 5.69 Å². The third-order valence-corrected chi connectivity index (χ3v) is 9.64. The first kappa shape index (κ1) is 28.6. The van der Waals surface area contributed by atoms with E-state index in [1.54, 1.807) is 7.11 Å². The summed E-state index contributed by atoms with van der Waals surface area (Å²) in [5.74, 6) is 2.13. The van der Waals surface area contributed by atoms with Crippen molar-refractivity contribution in [2.24, 2.45) is 11.8 Å². The highest BCUT2D eigenvalue weighted by molar-refractivity contribution is 7.16. The van der Waals surface area contributed by atoms with Gasteiger partial charge < -0.3 is 19.5 Å². The summed E-state index contributed by atoms with van der Waals surface area (Å²) in [4.78, 5) is 21.5. The van der Waals surface area contributed by atoms with Crippen molar-refractivity contribution in [1.29, 1.82) is 0 Å². The number of ether oxygens (including phenoxy) is 2. The number of aryl methyl sites for hydroxylation is 1. The molecule has 0 aliphatic heterocycles. The number of amides is 1. The predicted octanol–water partition coefficient (Wildman–Crippen LogP) is 7.38. The Morgan fingerprint density at radius 1 is 1.05 bits per heavy atom. The molecule has 5 rings (SSSR count). The molecular formula is C33H42N2O4S. The molecule has 0 atom stereocenters. The first-order chi connectivity index (χ1) is 19.4. The third-order valence-electron chi connectivity index (χ3n) is 8.68. The predicted molar refractivity (Wildman–Crippen MR) is 161 cm³/mol. The Bertz CT molecular complexity index is 1270. The summed E-state index contributed by atoms with van der Waals surface area (Å²) in [6.07, 6.45) is 8.98. The normalized spacial score (nSPS) is 23.0. The van der Waals surface area contributed by atoms with Gasteiger partial charge >= 0.3 is 0 Å². The van der Waals surface area contributed by atoms with Crippen LogP contribution in [-0.2, 0) is 4.79 Å². The van der Waals surface area contributed by atoms with Gasteiger partial charge in [-0.25, -0.2) is 4.98 Å². The molecule has 1 aromatic heterocycles. The number of anilines is 1. The zero-order valence-electron chi connectivity index (χ0n) is 24.0. The average molecular weight is 563 g/mol. The molecule has 7 heteroatoms. The van der Waals surface area contributed by atoms with Gasteiger partial charge in [-0.05, 0) is 112 Å².